The van der Waals surface area contributed by atoms with E-state index in [-0.39, 0.29) is 11.7 Å². The largest absolute Gasteiger partial charge is 0.339 e. The van der Waals surface area contributed by atoms with Crippen molar-refractivity contribution in [3.8, 4) is 10.6 Å². The van der Waals surface area contributed by atoms with Crippen molar-refractivity contribution in [1.82, 2.24) is 9.88 Å². The molecule has 1 fully saturated rings. The molecule has 1 atom stereocenters. The highest BCUT2D eigenvalue weighted by Crippen LogP contribution is 2.24. The number of hydrogen-bond donors (Lipinski definition) is 0. The van der Waals surface area contributed by atoms with Gasteiger partial charge < -0.3 is 4.90 Å². The van der Waals surface area contributed by atoms with Gasteiger partial charge in [0.15, 0.2) is 0 Å². The standard InChI is InChI=1S/C17H17FN2OS/c1-12-8-9-20(10-12)16(21)7-6-15-11-22-17(19-15)13-2-4-14(18)5-3-13/h2-7,11-12H,8-10H2,1H3. The zero-order valence-electron chi connectivity index (χ0n) is 12.3. The van der Waals surface area contributed by atoms with Crippen molar-refractivity contribution in [2.24, 2.45) is 5.92 Å². The van der Waals surface area contributed by atoms with E-state index in [9.17, 15) is 9.18 Å². The summed E-state index contributed by atoms with van der Waals surface area (Å²) in [6.07, 6.45) is 4.40. The van der Waals surface area contributed by atoms with Crippen LogP contribution in [-0.2, 0) is 4.79 Å². The third-order valence-corrected chi connectivity index (χ3v) is 4.65. The molecule has 2 aromatic rings. The Labute approximate surface area is 133 Å². The maximum absolute atomic E-state index is 12.9. The van der Waals surface area contributed by atoms with E-state index in [2.05, 4.69) is 11.9 Å². The zero-order valence-corrected chi connectivity index (χ0v) is 13.1. The van der Waals surface area contributed by atoms with Gasteiger partial charge in [-0.2, -0.15) is 0 Å². The van der Waals surface area contributed by atoms with Crippen LogP contribution in [0.4, 0.5) is 4.39 Å². The van der Waals surface area contributed by atoms with E-state index in [4.69, 9.17) is 0 Å². The van der Waals surface area contributed by atoms with Crippen molar-refractivity contribution < 1.29 is 9.18 Å². The summed E-state index contributed by atoms with van der Waals surface area (Å²) in [4.78, 5) is 18.4. The molecule has 114 valence electrons. The van der Waals surface area contributed by atoms with Gasteiger partial charge in [0.2, 0.25) is 5.91 Å². The molecule has 0 aliphatic carbocycles. The van der Waals surface area contributed by atoms with Gasteiger partial charge in [0.25, 0.3) is 0 Å². The molecular formula is C17H17FN2OS. The van der Waals surface area contributed by atoms with Crippen molar-refractivity contribution in [2.45, 2.75) is 13.3 Å². The molecule has 3 rings (SSSR count). The molecule has 3 nitrogen and oxygen atoms in total. The van der Waals surface area contributed by atoms with Crippen molar-refractivity contribution in [1.29, 1.82) is 0 Å². The van der Waals surface area contributed by atoms with E-state index in [0.29, 0.717) is 5.92 Å². The Hall–Kier alpha value is -2.01. The Bertz CT molecular complexity index is 693. The topological polar surface area (TPSA) is 33.2 Å². The van der Waals surface area contributed by atoms with Crippen molar-refractivity contribution in [3.05, 3.63) is 47.2 Å². The number of rotatable bonds is 3. The SMILES string of the molecule is CC1CCN(C(=O)C=Cc2csc(-c3ccc(F)cc3)n2)C1. The van der Waals surface area contributed by atoms with Crippen LogP contribution in [0.3, 0.4) is 0 Å². The molecule has 2 heterocycles. The number of carbonyl (C=O) groups excluding carboxylic acids is 1. The average Bonchev–Trinajstić information content (AvgIpc) is 3.15. The first-order valence-corrected chi connectivity index (χ1v) is 8.18. The third kappa shape index (κ3) is 3.42. The molecule has 0 N–H and O–H groups in total. The van der Waals surface area contributed by atoms with Crippen LogP contribution >= 0.6 is 11.3 Å². The first-order chi connectivity index (χ1) is 10.6. The summed E-state index contributed by atoms with van der Waals surface area (Å²) in [6, 6.07) is 6.26. The van der Waals surface area contributed by atoms with Gasteiger partial charge in [-0.25, -0.2) is 9.37 Å². The van der Waals surface area contributed by atoms with Crippen molar-refractivity contribution in [2.75, 3.05) is 13.1 Å². The minimum atomic E-state index is -0.258. The molecule has 1 aliphatic heterocycles. The molecular weight excluding hydrogens is 299 g/mol. The molecule has 0 bridgehead atoms. The second-order valence-electron chi connectivity index (χ2n) is 5.60. The molecule has 1 aliphatic rings. The van der Waals surface area contributed by atoms with Gasteiger partial charge >= 0.3 is 0 Å². The zero-order chi connectivity index (χ0) is 15.5. The summed E-state index contributed by atoms with van der Waals surface area (Å²) < 4.78 is 12.9. The Morgan fingerprint density at radius 3 is 2.86 bits per heavy atom. The summed E-state index contributed by atoms with van der Waals surface area (Å²) in [5.41, 5.74) is 1.63. The van der Waals surface area contributed by atoms with Gasteiger partial charge in [-0.15, -0.1) is 11.3 Å². The number of carbonyl (C=O) groups is 1. The summed E-state index contributed by atoms with van der Waals surface area (Å²) in [7, 11) is 0. The lowest BCUT2D eigenvalue weighted by Gasteiger charge is -2.12. The van der Waals surface area contributed by atoms with Gasteiger partial charge in [-0.1, -0.05) is 6.92 Å². The lowest BCUT2D eigenvalue weighted by Crippen LogP contribution is -2.26. The van der Waals surface area contributed by atoms with Crippen LogP contribution in [0.25, 0.3) is 16.6 Å². The molecule has 1 saturated heterocycles. The average molecular weight is 316 g/mol. The van der Waals surface area contributed by atoms with Crippen molar-refractivity contribution in [3.63, 3.8) is 0 Å². The van der Waals surface area contributed by atoms with E-state index >= 15 is 0 Å². The predicted molar refractivity (Wildman–Crippen MR) is 86.9 cm³/mol. The monoisotopic (exact) mass is 316 g/mol. The number of thiazole rings is 1. The van der Waals surface area contributed by atoms with Crippen LogP contribution in [0, 0.1) is 11.7 Å². The maximum atomic E-state index is 12.9. The molecule has 0 radical (unpaired) electrons. The molecule has 1 amide bonds. The Balaban J connectivity index is 1.67. The van der Waals surface area contributed by atoms with Crippen LogP contribution in [0.2, 0.25) is 0 Å². The lowest BCUT2D eigenvalue weighted by molar-refractivity contribution is -0.125. The summed E-state index contributed by atoms with van der Waals surface area (Å²) in [5.74, 6) is 0.369. The lowest BCUT2D eigenvalue weighted by atomic mass is 10.2. The normalized spacial score (nSPS) is 18.3. The minimum absolute atomic E-state index is 0.0423. The first kappa shape index (κ1) is 14.9. The molecule has 1 aromatic heterocycles. The summed E-state index contributed by atoms with van der Waals surface area (Å²) >= 11 is 1.48. The fraction of sp³-hybridized carbons (Fsp3) is 0.294. The van der Waals surface area contributed by atoms with E-state index in [0.717, 1.165) is 35.8 Å². The second-order valence-corrected chi connectivity index (χ2v) is 6.45. The third-order valence-electron chi connectivity index (χ3n) is 3.75. The van der Waals surface area contributed by atoms with E-state index < -0.39 is 0 Å². The molecule has 1 aromatic carbocycles. The Kier molecular flexibility index (Phi) is 4.34. The number of likely N-dealkylation sites (tertiary alicyclic amines) is 1. The Morgan fingerprint density at radius 2 is 2.18 bits per heavy atom. The van der Waals surface area contributed by atoms with Crippen LogP contribution < -0.4 is 0 Å². The number of amides is 1. The Morgan fingerprint density at radius 1 is 1.41 bits per heavy atom. The highest BCUT2D eigenvalue weighted by molar-refractivity contribution is 7.13. The number of hydrogen-bond acceptors (Lipinski definition) is 3. The number of aromatic nitrogens is 1. The fourth-order valence-corrected chi connectivity index (χ4v) is 3.28. The molecule has 1 unspecified atom stereocenters. The highest BCUT2D eigenvalue weighted by atomic mass is 32.1. The van der Waals surface area contributed by atoms with Crippen LogP contribution in [0.1, 0.15) is 19.0 Å². The first-order valence-electron chi connectivity index (χ1n) is 7.30. The summed E-state index contributed by atoms with van der Waals surface area (Å²) in [6.45, 7) is 3.83. The van der Waals surface area contributed by atoms with Gasteiger partial charge in [-0.05, 0) is 42.7 Å². The van der Waals surface area contributed by atoms with Crippen LogP contribution in [0.15, 0.2) is 35.7 Å². The minimum Gasteiger partial charge on any atom is -0.339 e. The number of benzene rings is 1. The van der Waals surface area contributed by atoms with E-state index in [1.54, 1.807) is 24.3 Å². The van der Waals surface area contributed by atoms with Crippen LogP contribution in [-0.4, -0.2) is 28.9 Å². The summed E-state index contributed by atoms with van der Waals surface area (Å²) in [5, 5.41) is 2.72. The van der Waals surface area contributed by atoms with Gasteiger partial charge in [0.05, 0.1) is 5.69 Å². The number of nitrogens with zero attached hydrogens (tertiary/aromatic N) is 2. The fourth-order valence-electron chi connectivity index (χ4n) is 2.49. The van der Waals surface area contributed by atoms with Crippen LogP contribution in [0.5, 0.6) is 0 Å². The second kappa shape index (κ2) is 6.40. The van der Waals surface area contributed by atoms with E-state index in [1.807, 2.05) is 10.3 Å². The molecule has 0 saturated carbocycles. The highest BCUT2D eigenvalue weighted by Gasteiger charge is 2.21. The molecule has 5 heteroatoms. The molecule has 0 spiro atoms. The van der Waals surface area contributed by atoms with E-state index in [1.165, 1.54) is 23.5 Å². The smallest absolute Gasteiger partial charge is 0.246 e. The number of halogens is 1. The quantitative estimate of drug-likeness (QED) is 0.806. The van der Waals surface area contributed by atoms with Gasteiger partial charge in [0, 0.05) is 30.1 Å². The van der Waals surface area contributed by atoms with Crippen molar-refractivity contribution >= 4 is 23.3 Å². The molecule has 22 heavy (non-hydrogen) atoms. The predicted octanol–water partition coefficient (Wildman–Crippen LogP) is 3.83. The van der Waals surface area contributed by atoms with Gasteiger partial charge in [0.1, 0.15) is 10.8 Å². The maximum Gasteiger partial charge on any atom is 0.246 e. The van der Waals surface area contributed by atoms with Gasteiger partial charge in [-0.3, -0.25) is 4.79 Å².